The van der Waals surface area contributed by atoms with Gasteiger partial charge in [0.15, 0.2) is 6.04 Å². The van der Waals surface area contributed by atoms with Gasteiger partial charge in [0.2, 0.25) is 0 Å². The van der Waals surface area contributed by atoms with Crippen molar-refractivity contribution in [3.05, 3.63) is 34.3 Å². The SMILES string of the molecule is COC(=O)C(CO)NC(=O)c1cccc(Cl)c1C. The van der Waals surface area contributed by atoms with E-state index in [2.05, 4.69) is 10.1 Å². The Hall–Kier alpha value is -1.59. The number of benzene rings is 1. The number of carbonyl (C=O) groups is 2. The van der Waals surface area contributed by atoms with E-state index in [0.29, 0.717) is 16.1 Å². The van der Waals surface area contributed by atoms with Crippen LogP contribution in [0, 0.1) is 6.92 Å². The third-order valence-electron chi connectivity index (χ3n) is 2.49. The maximum atomic E-state index is 11.9. The van der Waals surface area contributed by atoms with Crippen LogP contribution in [0.1, 0.15) is 15.9 Å². The van der Waals surface area contributed by atoms with Gasteiger partial charge in [-0.25, -0.2) is 4.79 Å². The van der Waals surface area contributed by atoms with Crippen LogP contribution in [0.15, 0.2) is 18.2 Å². The average Bonchev–Trinajstić information content (AvgIpc) is 2.37. The Labute approximate surface area is 110 Å². The smallest absolute Gasteiger partial charge is 0.330 e. The van der Waals surface area contributed by atoms with E-state index in [1.165, 1.54) is 7.11 Å². The number of amides is 1. The van der Waals surface area contributed by atoms with Gasteiger partial charge in [-0.3, -0.25) is 4.79 Å². The van der Waals surface area contributed by atoms with Crippen molar-refractivity contribution in [2.75, 3.05) is 13.7 Å². The minimum absolute atomic E-state index is 0.352. The molecule has 1 unspecified atom stereocenters. The van der Waals surface area contributed by atoms with Gasteiger partial charge < -0.3 is 15.2 Å². The molecule has 0 heterocycles. The van der Waals surface area contributed by atoms with Crippen LogP contribution < -0.4 is 5.32 Å². The Morgan fingerprint density at radius 2 is 2.17 bits per heavy atom. The molecule has 1 aromatic rings. The first-order valence-corrected chi connectivity index (χ1v) is 5.63. The highest BCUT2D eigenvalue weighted by atomic mass is 35.5. The predicted molar refractivity (Wildman–Crippen MR) is 66.5 cm³/mol. The number of aliphatic hydroxyl groups is 1. The highest BCUT2D eigenvalue weighted by Crippen LogP contribution is 2.18. The van der Waals surface area contributed by atoms with Gasteiger partial charge in [0.05, 0.1) is 13.7 Å². The van der Waals surface area contributed by atoms with E-state index in [9.17, 15) is 9.59 Å². The first-order valence-electron chi connectivity index (χ1n) is 5.26. The summed E-state index contributed by atoms with van der Waals surface area (Å²) < 4.78 is 4.45. The molecule has 0 aliphatic carbocycles. The van der Waals surface area contributed by atoms with Crippen molar-refractivity contribution < 1.29 is 19.4 Å². The predicted octanol–water partition coefficient (Wildman–Crippen LogP) is 0.912. The Morgan fingerprint density at radius 1 is 1.50 bits per heavy atom. The first kappa shape index (κ1) is 14.5. The number of carbonyl (C=O) groups excluding carboxylic acids is 2. The van der Waals surface area contributed by atoms with Crippen molar-refractivity contribution in [3.8, 4) is 0 Å². The summed E-state index contributed by atoms with van der Waals surface area (Å²) in [5.74, 6) is -1.19. The molecule has 0 saturated carbocycles. The molecule has 1 rings (SSSR count). The van der Waals surface area contributed by atoms with Gasteiger partial charge in [-0.1, -0.05) is 17.7 Å². The molecule has 1 amide bonds. The Bertz CT molecular complexity index is 461. The fourth-order valence-electron chi connectivity index (χ4n) is 1.41. The monoisotopic (exact) mass is 271 g/mol. The highest BCUT2D eigenvalue weighted by molar-refractivity contribution is 6.31. The molecule has 0 aliphatic rings. The van der Waals surface area contributed by atoms with Gasteiger partial charge in [-0.05, 0) is 24.6 Å². The van der Waals surface area contributed by atoms with E-state index in [0.717, 1.165) is 0 Å². The van der Waals surface area contributed by atoms with Crippen LogP contribution in [-0.2, 0) is 9.53 Å². The largest absolute Gasteiger partial charge is 0.467 e. The molecular weight excluding hydrogens is 258 g/mol. The third kappa shape index (κ3) is 3.21. The Balaban J connectivity index is 2.88. The molecule has 0 aliphatic heterocycles. The summed E-state index contributed by atoms with van der Waals surface area (Å²) in [5.41, 5.74) is 0.961. The molecule has 18 heavy (non-hydrogen) atoms. The van der Waals surface area contributed by atoms with Gasteiger partial charge in [0, 0.05) is 10.6 Å². The molecule has 0 radical (unpaired) electrons. The van der Waals surface area contributed by atoms with Crippen molar-refractivity contribution in [2.24, 2.45) is 0 Å². The molecule has 0 bridgehead atoms. The molecule has 0 aromatic heterocycles. The summed E-state index contributed by atoms with van der Waals surface area (Å²) in [6.45, 7) is 1.17. The van der Waals surface area contributed by atoms with Crippen LogP contribution in [0.5, 0.6) is 0 Å². The van der Waals surface area contributed by atoms with E-state index in [-0.39, 0.29) is 0 Å². The molecule has 6 heteroatoms. The van der Waals surface area contributed by atoms with Crippen LogP contribution in [0.4, 0.5) is 0 Å². The van der Waals surface area contributed by atoms with Gasteiger partial charge in [0.25, 0.3) is 5.91 Å². The molecule has 2 N–H and O–H groups in total. The van der Waals surface area contributed by atoms with E-state index in [1.54, 1.807) is 25.1 Å². The number of methoxy groups -OCH3 is 1. The lowest BCUT2D eigenvalue weighted by Gasteiger charge is -2.15. The standard InChI is InChI=1S/C12H14ClNO4/c1-7-8(4-3-5-9(7)13)11(16)14-10(6-15)12(17)18-2/h3-5,10,15H,6H2,1-2H3,(H,14,16). The summed E-state index contributed by atoms with van der Waals surface area (Å²) in [7, 11) is 1.18. The minimum Gasteiger partial charge on any atom is -0.467 e. The zero-order chi connectivity index (χ0) is 13.7. The maximum absolute atomic E-state index is 11.9. The normalized spacial score (nSPS) is 11.8. The highest BCUT2D eigenvalue weighted by Gasteiger charge is 2.22. The van der Waals surface area contributed by atoms with Crippen molar-refractivity contribution >= 4 is 23.5 Å². The molecular formula is C12H14ClNO4. The van der Waals surface area contributed by atoms with E-state index >= 15 is 0 Å². The van der Waals surface area contributed by atoms with Crippen LogP contribution in [0.2, 0.25) is 5.02 Å². The van der Waals surface area contributed by atoms with Gasteiger partial charge >= 0.3 is 5.97 Å². The fraction of sp³-hybridized carbons (Fsp3) is 0.333. The maximum Gasteiger partial charge on any atom is 0.330 e. The number of halogens is 1. The lowest BCUT2D eigenvalue weighted by molar-refractivity contribution is -0.143. The Kier molecular flexibility index (Phi) is 5.12. The van der Waals surface area contributed by atoms with Crippen molar-refractivity contribution in [3.63, 3.8) is 0 Å². The van der Waals surface area contributed by atoms with Crippen LogP contribution in [0.3, 0.4) is 0 Å². The number of nitrogens with one attached hydrogen (secondary N) is 1. The number of aliphatic hydroxyl groups excluding tert-OH is 1. The topological polar surface area (TPSA) is 75.6 Å². The van der Waals surface area contributed by atoms with Crippen LogP contribution in [0.25, 0.3) is 0 Å². The number of hydrogen-bond acceptors (Lipinski definition) is 4. The number of esters is 1. The summed E-state index contributed by atoms with van der Waals surface area (Å²) in [6, 6.07) is 3.80. The quantitative estimate of drug-likeness (QED) is 0.798. The van der Waals surface area contributed by atoms with Crippen LogP contribution in [-0.4, -0.2) is 36.7 Å². The van der Waals surface area contributed by atoms with Gasteiger partial charge in [-0.15, -0.1) is 0 Å². The van der Waals surface area contributed by atoms with Crippen molar-refractivity contribution in [2.45, 2.75) is 13.0 Å². The second-order valence-electron chi connectivity index (χ2n) is 3.64. The van der Waals surface area contributed by atoms with Crippen molar-refractivity contribution in [1.29, 1.82) is 0 Å². The molecule has 0 fully saturated rings. The minimum atomic E-state index is -1.08. The summed E-state index contributed by atoms with van der Waals surface area (Å²) >= 11 is 5.90. The lowest BCUT2D eigenvalue weighted by Crippen LogP contribution is -2.44. The molecule has 5 nitrogen and oxygen atoms in total. The zero-order valence-corrected chi connectivity index (χ0v) is 10.8. The molecule has 98 valence electrons. The number of hydrogen-bond donors (Lipinski definition) is 2. The summed E-state index contributed by atoms with van der Waals surface area (Å²) in [5, 5.41) is 11.8. The van der Waals surface area contributed by atoms with E-state index < -0.39 is 24.5 Å². The second-order valence-corrected chi connectivity index (χ2v) is 4.05. The molecule has 0 saturated heterocycles. The second kappa shape index (κ2) is 6.37. The molecule has 1 aromatic carbocycles. The van der Waals surface area contributed by atoms with Gasteiger partial charge in [-0.2, -0.15) is 0 Å². The first-order chi connectivity index (χ1) is 8.51. The Morgan fingerprint density at radius 3 is 2.72 bits per heavy atom. The third-order valence-corrected chi connectivity index (χ3v) is 2.90. The average molecular weight is 272 g/mol. The summed E-state index contributed by atoms with van der Waals surface area (Å²) in [6.07, 6.45) is 0. The molecule has 0 spiro atoms. The lowest BCUT2D eigenvalue weighted by atomic mass is 10.1. The number of rotatable bonds is 4. The fourth-order valence-corrected chi connectivity index (χ4v) is 1.59. The van der Waals surface area contributed by atoms with E-state index in [1.807, 2.05) is 0 Å². The molecule has 1 atom stereocenters. The van der Waals surface area contributed by atoms with Gasteiger partial charge in [0.1, 0.15) is 0 Å². The van der Waals surface area contributed by atoms with Crippen LogP contribution >= 0.6 is 11.6 Å². The zero-order valence-electron chi connectivity index (χ0n) is 10.1. The van der Waals surface area contributed by atoms with E-state index in [4.69, 9.17) is 16.7 Å². The summed E-state index contributed by atoms with van der Waals surface area (Å²) in [4.78, 5) is 23.2. The number of ether oxygens (including phenoxy) is 1. The van der Waals surface area contributed by atoms with Crippen molar-refractivity contribution in [1.82, 2.24) is 5.32 Å².